The molecule has 2 aliphatic carbocycles. The molecule has 0 bridgehead atoms. The van der Waals surface area contributed by atoms with Gasteiger partial charge < -0.3 is 9.47 Å². The average molecular weight is 387 g/mol. The van der Waals surface area contributed by atoms with E-state index in [1.807, 2.05) is 13.8 Å². The predicted octanol–water partition coefficient (Wildman–Crippen LogP) is 7.29. The van der Waals surface area contributed by atoms with Crippen LogP contribution in [0.3, 0.4) is 0 Å². The zero-order chi connectivity index (χ0) is 19.9. The zero-order valence-corrected chi connectivity index (χ0v) is 18.7. The van der Waals surface area contributed by atoms with Crippen molar-refractivity contribution in [1.29, 1.82) is 0 Å². The molecule has 0 spiro atoms. The van der Waals surface area contributed by atoms with Crippen LogP contribution in [0.1, 0.15) is 102 Å². The minimum absolute atomic E-state index is 0.0585. The van der Waals surface area contributed by atoms with Crippen LogP contribution in [0.25, 0.3) is 0 Å². The van der Waals surface area contributed by atoms with Crippen molar-refractivity contribution < 1.29 is 9.47 Å². The van der Waals surface area contributed by atoms with E-state index >= 15 is 0 Å². The van der Waals surface area contributed by atoms with Crippen LogP contribution in [-0.4, -0.2) is 19.5 Å². The Bertz CT molecular complexity index is 542. The fraction of sp³-hybridized carbons (Fsp3) is 0.769. The van der Waals surface area contributed by atoms with Gasteiger partial charge in [0.15, 0.2) is 6.29 Å². The fourth-order valence-electron chi connectivity index (χ4n) is 5.25. The maximum Gasteiger partial charge on any atom is 0.160 e. The second-order valence-electron chi connectivity index (χ2n) is 9.38. The number of ether oxygens (including phenoxy) is 2. The first-order valence-corrected chi connectivity index (χ1v) is 12.0. The molecule has 2 nitrogen and oxygen atoms in total. The number of benzene rings is 1. The van der Waals surface area contributed by atoms with E-state index in [1.54, 1.807) is 11.1 Å². The van der Waals surface area contributed by atoms with Crippen molar-refractivity contribution in [2.75, 3.05) is 13.2 Å². The molecule has 158 valence electrons. The predicted molar refractivity (Wildman–Crippen MR) is 118 cm³/mol. The second kappa shape index (κ2) is 10.8. The molecule has 2 heteroatoms. The number of rotatable bonds is 3. The van der Waals surface area contributed by atoms with Crippen molar-refractivity contribution >= 4 is 0 Å². The average Bonchev–Trinajstić information content (AvgIpc) is 2.77. The summed E-state index contributed by atoms with van der Waals surface area (Å²) in [4.78, 5) is 0. The molecular formula is C26H42O2. The van der Waals surface area contributed by atoms with Crippen LogP contribution in [-0.2, 0) is 9.47 Å². The first-order valence-electron chi connectivity index (χ1n) is 12.0. The first-order chi connectivity index (χ1) is 13.7. The fourth-order valence-corrected chi connectivity index (χ4v) is 5.25. The van der Waals surface area contributed by atoms with Gasteiger partial charge in [-0.25, -0.2) is 0 Å². The van der Waals surface area contributed by atoms with E-state index in [9.17, 15) is 0 Å². The van der Waals surface area contributed by atoms with E-state index in [-0.39, 0.29) is 6.29 Å². The van der Waals surface area contributed by atoms with Crippen LogP contribution < -0.4 is 0 Å². The Hall–Kier alpha value is -0.860. The molecule has 1 saturated heterocycles. The maximum absolute atomic E-state index is 5.94. The van der Waals surface area contributed by atoms with Gasteiger partial charge in [-0.1, -0.05) is 64.8 Å². The monoisotopic (exact) mass is 386 g/mol. The molecular weight excluding hydrogens is 344 g/mol. The summed E-state index contributed by atoms with van der Waals surface area (Å²) in [5.74, 6) is 3.62. The molecule has 1 aromatic carbocycles. The van der Waals surface area contributed by atoms with E-state index in [4.69, 9.17) is 9.47 Å². The molecule has 0 atom stereocenters. The van der Waals surface area contributed by atoms with Gasteiger partial charge >= 0.3 is 0 Å². The summed E-state index contributed by atoms with van der Waals surface area (Å²) in [6.07, 6.45) is 10.7. The highest BCUT2D eigenvalue weighted by Crippen LogP contribution is 2.40. The van der Waals surface area contributed by atoms with Gasteiger partial charge in [-0.2, -0.15) is 0 Å². The second-order valence-corrected chi connectivity index (χ2v) is 9.38. The van der Waals surface area contributed by atoms with Crippen molar-refractivity contribution in [2.45, 2.75) is 97.2 Å². The SMILES string of the molecule is CC.CC1CCC(c2ccc(C3CCC(C4OCC(C)CO4)CC3)cc2)CC1. The molecule has 1 aromatic rings. The molecule has 4 rings (SSSR count). The Labute approximate surface area is 173 Å². The normalized spacial score (nSPS) is 36.3. The van der Waals surface area contributed by atoms with Crippen molar-refractivity contribution in [3.05, 3.63) is 35.4 Å². The standard InChI is InChI=1S/C24H36O2.C2H6/c1-17-3-5-19(6-4-17)20-7-9-21(10-8-20)22-11-13-23(14-12-22)24-25-15-18(2)16-26-24;1-2/h7-10,17-19,22-24H,3-6,11-16H2,1-2H3;1-2H3. The van der Waals surface area contributed by atoms with E-state index in [0.29, 0.717) is 11.8 Å². The van der Waals surface area contributed by atoms with Gasteiger partial charge in [-0.15, -0.1) is 0 Å². The largest absolute Gasteiger partial charge is 0.352 e. The Morgan fingerprint density at radius 3 is 1.50 bits per heavy atom. The van der Waals surface area contributed by atoms with E-state index in [2.05, 4.69) is 38.1 Å². The lowest BCUT2D eigenvalue weighted by atomic mass is 9.76. The number of hydrogen-bond acceptors (Lipinski definition) is 2. The molecule has 0 amide bonds. The molecule has 3 fully saturated rings. The third-order valence-corrected chi connectivity index (χ3v) is 7.14. The van der Waals surface area contributed by atoms with Crippen LogP contribution in [0.5, 0.6) is 0 Å². The Morgan fingerprint density at radius 1 is 0.607 bits per heavy atom. The van der Waals surface area contributed by atoms with Gasteiger partial charge in [0.25, 0.3) is 0 Å². The van der Waals surface area contributed by atoms with Crippen LogP contribution in [0.15, 0.2) is 24.3 Å². The summed E-state index contributed by atoms with van der Waals surface area (Å²) in [5, 5.41) is 0. The highest BCUT2D eigenvalue weighted by Gasteiger charge is 2.32. The Morgan fingerprint density at radius 2 is 1.04 bits per heavy atom. The van der Waals surface area contributed by atoms with Crippen LogP contribution in [0.2, 0.25) is 0 Å². The smallest absolute Gasteiger partial charge is 0.160 e. The maximum atomic E-state index is 5.94. The molecule has 1 aliphatic heterocycles. The van der Waals surface area contributed by atoms with Crippen molar-refractivity contribution in [2.24, 2.45) is 17.8 Å². The lowest BCUT2D eigenvalue weighted by Crippen LogP contribution is -2.37. The highest BCUT2D eigenvalue weighted by atomic mass is 16.7. The van der Waals surface area contributed by atoms with E-state index < -0.39 is 0 Å². The molecule has 0 radical (unpaired) electrons. The van der Waals surface area contributed by atoms with Gasteiger partial charge in [0.1, 0.15) is 0 Å². The number of hydrogen-bond donors (Lipinski definition) is 0. The lowest BCUT2D eigenvalue weighted by Gasteiger charge is -2.37. The van der Waals surface area contributed by atoms with Crippen LogP contribution >= 0.6 is 0 Å². The molecule has 0 unspecified atom stereocenters. The van der Waals surface area contributed by atoms with Crippen LogP contribution in [0, 0.1) is 17.8 Å². The first kappa shape index (κ1) is 21.8. The van der Waals surface area contributed by atoms with Gasteiger partial charge in [0, 0.05) is 11.8 Å². The molecule has 3 aliphatic rings. The van der Waals surface area contributed by atoms with Gasteiger partial charge in [0.05, 0.1) is 13.2 Å². The molecule has 0 aromatic heterocycles. The van der Waals surface area contributed by atoms with Gasteiger partial charge in [0.2, 0.25) is 0 Å². The molecule has 1 heterocycles. The minimum Gasteiger partial charge on any atom is -0.352 e. The Balaban J connectivity index is 0.00000109. The summed E-state index contributed by atoms with van der Waals surface area (Å²) in [7, 11) is 0. The van der Waals surface area contributed by atoms with Crippen LogP contribution in [0.4, 0.5) is 0 Å². The third-order valence-electron chi connectivity index (χ3n) is 7.14. The van der Waals surface area contributed by atoms with Crippen molar-refractivity contribution in [3.8, 4) is 0 Å². The molecule has 2 saturated carbocycles. The van der Waals surface area contributed by atoms with Gasteiger partial charge in [-0.3, -0.25) is 0 Å². The molecule has 28 heavy (non-hydrogen) atoms. The lowest BCUT2D eigenvalue weighted by molar-refractivity contribution is -0.226. The topological polar surface area (TPSA) is 18.5 Å². The summed E-state index contributed by atoms with van der Waals surface area (Å²) in [5.41, 5.74) is 3.13. The highest BCUT2D eigenvalue weighted by molar-refractivity contribution is 5.28. The Kier molecular flexibility index (Phi) is 8.41. The summed E-state index contributed by atoms with van der Waals surface area (Å²) in [6.45, 7) is 10.3. The van der Waals surface area contributed by atoms with E-state index in [0.717, 1.165) is 31.0 Å². The van der Waals surface area contributed by atoms with Crippen molar-refractivity contribution in [3.63, 3.8) is 0 Å². The summed E-state index contributed by atoms with van der Waals surface area (Å²) in [6, 6.07) is 9.70. The van der Waals surface area contributed by atoms with Crippen molar-refractivity contribution in [1.82, 2.24) is 0 Å². The molecule has 0 N–H and O–H groups in total. The summed E-state index contributed by atoms with van der Waals surface area (Å²) >= 11 is 0. The van der Waals surface area contributed by atoms with Gasteiger partial charge in [-0.05, 0) is 67.4 Å². The summed E-state index contributed by atoms with van der Waals surface area (Å²) < 4.78 is 11.9. The quantitative estimate of drug-likeness (QED) is 0.543. The minimum atomic E-state index is 0.0585. The third kappa shape index (κ3) is 5.60. The zero-order valence-electron chi connectivity index (χ0n) is 18.7. The van der Waals surface area contributed by atoms with E-state index in [1.165, 1.54) is 51.4 Å².